The van der Waals surface area contributed by atoms with Crippen LogP contribution in [-0.2, 0) is 0 Å². The molecule has 0 spiro atoms. The number of carbonyl (C=O) groups is 1. The third-order valence-electron chi connectivity index (χ3n) is 4.39. The van der Waals surface area contributed by atoms with Crippen molar-refractivity contribution in [1.29, 1.82) is 0 Å². The lowest BCUT2D eigenvalue weighted by atomic mass is 9.95. The molecular formula is C19H16F6N2O2. The number of rotatable bonds is 7. The fraction of sp³-hybridized carbons (Fsp3) is 0.421. The number of hydrogen-bond acceptors (Lipinski definition) is 4. The zero-order valence-electron chi connectivity index (χ0n) is 14.9. The molecule has 2 aromatic heterocycles. The van der Waals surface area contributed by atoms with Gasteiger partial charge in [-0.2, -0.15) is 26.3 Å². The van der Waals surface area contributed by atoms with Gasteiger partial charge < -0.3 is 4.74 Å². The van der Waals surface area contributed by atoms with E-state index in [0.717, 1.165) is 18.9 Å². The molecule has 2 heterocycles. The van der Waals surface area contributed by atoms with E-state index in [1.807, 2.05) is 0 Å². The maximum absolute atomic E-state index is 13.4. The summed E-state index contributed by atoms with van der Waals surface area (Å²) in [5.74, 6) is -3.50. The summed E-state index contributed by atoms with van der Waals surface area (Å²) in [7, 11) is 0. The number of hydrogen-bond donors (Lipinski definition) is 0. The molecule has 10 heteroatoms. The van der Waals surface area contributed by atoms with Gasteiger partial charge in [0.15, 0.2) is 12.4 Å². The molecule has 0 N–H and O–H groups in total. The second kappa shape index (κ2) is 8.00. The minimum absolute atomic E-state index is 0.0219. The largest absolute Gasteiger partial charge is 0.468 e. The summed E-state index contributed by atoms with van der Waals surface area (Å²) in [6.07, 6.45) is -7.63. The van der Waals surface area contributed by atoms with Crippen molar-refractivity contribution in [3.05, 3.63) is 53.5 Å². The summed E-state index contributed by atoms with van der Waals surface area (Å²) in [5, 5.41) is 0. The molecule has 0 aliphatic heterocycles. The van der Waals surface area contributed by atoms with Crippen LogP contribution in [0.2, 0.25) is 0 Å². The Hall–Kier alpha value is -2.65. The van der Waals surface area contributed by atoms with Crippen molar-refractivity contribution < 1.29 is 35.9 Å². The number of ketones is 1. The molecule has 3 rings (SSSR count). The predicted octanol–water partition coefficient (Wildman–Crippen LogP) is 5.21. The van der Waals surface area contributed by atoms with Gasteiger partial charge in [0.05, 0.1) is 5.69 Å². The molecule has 1 fully saturated rings. The molecule has 156 valence electrons. The maximum atomic E-state index is 13.4. The Balaban J connectivity index is 1.84. The van der Waals surface area contributed by atoms with Gasteiger partial charge >= 0.3 is 12.4 Å². The van der Waals surface area contributed by atoms with E-state index in [2.05, 4.69) is 9.97 Å². The lowest BCUT2D eigenvalue weighted by Crippen LogP contribution is -2.25. The molecule has 1 saturated carbocycles. The molecule has 1 unspecified atom stereocenters. The summed E-state index contributed by atoms with van der Waals surface area (Å²) >= 11 is 0. The predicted molar refractivity (Wildman–Crippen MR) is 89.7 cm³/mol. The van der Waals surface area contributed by atoms with Crippen LogP contribution in [0, 0.1) is 0 Å². The lowest BCUT2D eigenvalue weighted by molar-refractivity contribution is -0.154. The fourth-order valence-corrected chi connectivity index (χ4v) is 2.84. The van der Waals surface area contributed by atoms with E-state index < -0.39 is 37.1 Å². The fourth-order valence-electron chi connectivity index (χ4n) is 2.84. The van der Waals surface area contributed by atoms with Gasteiger partial charge in [-0.05, 0) is 37.0 Å². The highest BCUT2D eigenvalue weighted by atomic mass is 19.4. The van der Waals surface area contributed by atoms with Crippen LogP contribution in [-0.4, -0.2) is 34.7 Å². The first-order valence-electron chi connectivity index (χ1n) is 8.76. The lowest BCUT2D eigenvalue weighted by Gasteiger charge is -2.19. The molecule has 0 bridgehead atoms. The Bertz CT molecular complexity index is 863. The normalized spacial score (nSPS) is 15.8. The van der Waals surface area contributed by atoms with Crippen molar-refractivity contribution in [3.63, 3.8) is 0 Å². The smallest absolute Gasteiger partial charge is 0.422 e. The summed E-state index contributed by atoms with van der Waals surface area (Å²) < 4.78 is 82.5. The van der Waals surface area contributed by atoms with Gasteiger partial charge in [-0.3, -0.25) is 9.78 Å². The van der Waals surface area contributed by atoms with Crippen molar-refractivity contribution in [1.82, 2.24) is 9.97 Å². The molecule has 0 saturated heterocycles. The second-order valence-corrected chi connectivity index (χ2v) is 6.75. The van der Waals surface area contributed by atoms with Crippen LogP contribution in [0.4, 0.5) is 26.3 Å². The highest BCUT2D eigenvalue weighted by Crippen LogP contribution is 2.44. The van der Waals surface area contributed by atoms with Crippen molar-refractivity contribution in [2.45, 2.75) is 43.5 Å². The quantitative estimate of drug-likeness (QED) is 0.457. The minimum atomic E-state index is -4.73. The van der Waals surface area contributed by atoms with Crippen LogP contribution in [0.25, 0.3) is 0 Å². The van der Waals surface area contributed by atoms with Crippen LogP contribution in [0.3, 0.4) is 0 Å². The molecule has 2 aromatic rings. The summed E-state index contributed by atoms with van der Waals surface area (Å²) in [6, 6.07) is 6.60. The monoisotopic (exact) mass is 418 g/mol. The van der Waals surface area contributed by atoms with Crippen LogP contribution >= 0.6 is 0 Å². The molecule has 0 aromatic carbocycles. The molecule has 29 heavy (non-hydrogen) atoms. The zero-order chi connectivity index (χ0) is 21.2. The summed E-state index contributed by atoms with van der Waals surface area (Å²) in [4.78, 5) is 19.9. The van der Waals surface area contributed by atoms with Gasteiger partial charge in [0.2, 0.25) is 5.88 Å². The van der Waals surface area contributed by atoms with E-state index in [1.54, 1.807) is 0 Å². The minimum Gasteiger partial charge on any atom is -0.468 e. The first-order chi connectivity index (χ1) is 13.5. The van der Waals surface area contributed by atoms with E-state index in [1.165, 1.54) is 30.5 Å². The van der Waals surface area contributed by atoms with E-state index in [9.17, 15) is 31.1 Å². The van der Waals surface area contributed by atoms with Gasteiger partial charge in [0.1, 0.15) is 11.6 Å². The first-order valence-corrected chi connectivity index (χ1v) is 8.76. The highest BCUT2D eigenvalue weighted by molar-refractivity contribution is 5.95. The number of ether oxygens (including phenoxy) is 1. The molecular weight excluding hydrogens is 402 g/mol. The van der Waals surface area contributed by atoms with Crippen molar-refractivity contribution in [2.75, 3.05) is 6.61 Å². The van der Waals surface area contributed by atoms with E-state index in [0.29, 0.717) is 5.56 Å². The standard InChI is InChI=1S/C19H16F6N2O2/c20-18(21,22)10-29-17-12(11-4-5-11)6-7-15(27-17)16(28)9-13(19(23,24)25)14-3-1-2-8-26-14/h1-3,6-8,11,13H,4-5,9-10H2. The van der Waals surface area contributed by atoms with Gasteiger partial charge in [0.25, 0.3) is 0 Å². The Morgan fingerprint density at radius 3 is 2.38 bits per heavy atom. The average Bonchev–Trinajstić information content (AvgIpc) is 3.48. The van der Waals surface area contributed by atoms with Crippen molar-refractivity contribution in [3.8, 4) is 5.88 Å². The Labute approximate surface area is 161 Å². The zero-order valence-corrected chi connectivity index (χ0v) is 14.9. The Morgan fingerprint density at radius 2 is 1.83 bits per heavy atom. The maximum Gasteiger partial charge on any atom is 0.422 e. The van der Waals surface area contributed by atoms with Crippen molar-refractivity contribution >= 4 is 5.78 Å². The summed E-state index contributed by atoms with van der Waals surface area (Å²) in [6.45, 7) is -1.60. The van der Waals surface area contributed by atoms with Gasteiger partial charge in [-0.15, -0.1) is 0 Å². The highest BCUT2D eigenvalue weighted by Gasteiger charge is 2.43. The van der Waals surface area contributed by atoms with Crippen molar-refractivity contribution in [2.24, 2.45) is 0 Å². The van der Waals surface area contributed by atoms with Crippen LogP contribution < -0.4 is 4.74 Å². The van der Waals surface area contributed by atoms with Crippen LogP contribution in [0.5, 0.6) is 5.88 Å². The van der Waals surface area contributed by atoms with E-state index in [4.69, 9.17) is 4.74 Å². The molecule has 1 aliphatic carbocycles. The number of Topliss-reactive ketones (excluding diaryl/α,β-unsaturated/α-hetero) is 1. The SMILES string of the molecule is O=C(CC(c1ccccn1)C(F)(F)F)c1ccc(C2CC2)c(OCC(F)(F)F)n1. The number of aromatic nitrogens is 2. The van der Waals surface area contributed by atoms with Crippen LogP contribution in [0.1, 0.15) is 52.8 Å². The third kappa shape index (κ3) is 5.68. The van der Waals surface area contributed by atoms with Gasteiger partial charge in [-0.25, -0.2) is 4.98 Å². The van der Waals surface area contributed by atoms with Gasteiger partial charge in [-0.1, -0.05) is 12.1 Å². The number of nitrogens with zero attached hydrogens (tertiary/aromatic N) is 2. The summed E-state index contributed by atoms with van der Waals surface area (Å²) in [5.41, 5.74) is -0.281. The average molecular weight is 418 g/mol. The molecule has 1 atom stereocenters. The number of alkyl halides is 6. The number of pyridine rings is 2. The number of halogens is 6. The first kappa shape index (κ1) is 21.1. The molecule has 1 aliphatic rings. The van der Waals surface area contributed by atoms with E-state index in [-0.39, 0.29) is 23.2 Å². The third-order valence-corrected chi connectivity index (χ3v) is 4.39. The molecule has 0 amide bonds. The molecule has 4 nitrogen and oxygen atoms in total. The number of carbonyl (C=O) groups excluding carboxylic acids is 1. The van der Waals surface area contributed by atoms with Gasteiger partial charge in [0, 0.05) is 18.2 Å². The van der Waals surface area contributed by atoms with E-state index >= 15 is 0 Å². The van der Waals surface area contributed by atoms with Crippen LogP contribution in [0.15, 0.2) is 36.5 Å². The Morgan fingerprint density at radius 1 is 1.10 bits per heavy atom. The Kier molecular flexibility index (Phi) is 5.81. The topological polar surface area (TPSA) is 52.1 Å². The molecule has 0 radical (unpaired) electrons. The second-order valence-electron chi connectivity index (χ2n) is 6.75.